The molecule has 3 saturated carbocycles. The lowest BCUT2D eigenvalue weighted by Crippen LogP contribution is -2.50. The van der Waals surface area contributed by atoms with Crippen molar-refractivity contribution in [3.63, 3.8) is 0 Å². The summed E-state index contributed by atoms with van der Waals surface area (Å²) in [5.41, 5.74) is 2.30. The van der Waals surface area contributed by atoms with Crippen LogP contribution in [0.15, 0.2) is 11.6 Å². The summed E-state index contributed by atoms with van der Waals surface area (Å²) in [5.74, 6) is 2.50. The molecule has 7 atom stereocenters. The van der Waals surface area contributed by atoms with Crippen molar-refractivity contribution < 1.29 is 15.0 Å². The van der Waals surface area contributed by atoms with Crippen molar-refractivity contribution in [2.75, 3.05) is 0 Å². The van der Waals surface area contributed by atoms with Gasteiger partial charge in [0.15, 0.2) is 0 Å². The maximum atomic E-state index is 10.9. The first-order chi connectivity index (χ1) is 12.3. The van der Waals surface area contributed by atoms with E-state index in [4.69, 9.17) is 5.11 Å². The number of hydrogen-bond donors (Lipinski definition) is 2. The predicted molar refractivity (Wildman–Crippen MR) is 103 cm³/mol. The number of carboxylic acids is 1. The van der Waals surface area contributed by atoms with Gasteiger partial charge in [-0.05, 0) is 98.7 Å². The van der Waals surface area contributed by atoms with Gasteiger partial charge < -0.3 is 10.2 Å². The second-order valence-electron chi connectivity index (χ2n) is 10.3. The van der Waals surface area contributed by atoms with Gasteiger partial charge >= 0.3 is 5.97 Å². The summed E-state index contributed by atoms with van der Waals surface area (Å²) in [6, 6.07) is 0. The zero-order chi connectivity index (χ0) is 18.5. The van der Waals surface area contributed by atoms with Gasteiger partial charge in [0.2, 0.25) is 0 Å². The van der Waals surface area contributed by atoms with Gasteiger partial charge in [-0.15, -0.1) is 0 Å². The van der Waals surface area contributed by atoms with Crippen LogP contribution in [0.5, 0.6) is 0 Å². The SMILES string of the molecule is CC12CCC(O)CC1=CCC1C2CCC2(C)C(CCCC(=O)O)CCC12. The van der Waals surface area contributed by atoms with Crippen molar-refractivity contribution in [3.8, 4) is 0 Å². The molecule has 3 nitrogen and oxygen atoms in total. The minimum absolute atomic E-state index is 0.121. The highest BCUT2D eigenvalue weighted by Crippen LogP contribution is 2.66. The molecule has 0 saturated heterocycles. The van der Waals surface area contributed by atoms with E-state index < -0.39 is 5.97 Å². The molecule has 0 amide bonds. The van der Waals surface area contributed by atoms with E-state index in [9.17, 15) is 9.90 Å². The van der Waals surface area contributed by atoms with Crippen LogP contribution in [0, 0.1) is 34.5 Å². The Kier molecular flexibility index (Phi) is 4.74. The van der Waals surface area contributed by atoms with E-state index >= 15 is 0 Å². The highest BCUT2D eigenvalue weighted by atomic mass is 16.4. The van der Waals surface area contributed by atoms with Crippen molar-refractivity contribution in [3.05, 3.63) is 11.6 Å². The van der Waals surface area contributed by atoms with Crippen LogP contribution < -0.4 is 0 Å². The molecular formula is C23H36O3. The summed E-state index contributed by atoms with van der Waals surface area (Å²) >= 11 is 0. The molecule has 0 aromatic heterocycles. The largest absolute Gasteiger partial charge is 0.481 e. The van der Waals surface area contributed by atoms with Crippen molar-refractivity contribution >= 4 is 5.97 Å². The number of rotatable bonds is 4. The van der Waals surface area contributed by atoms with Gasteiger partial charge in [0.25, 0.3) is 0 Å². The summed E-state index contributed by atoms with van der Waals surface area (Å²) in [5, 5.41) is 19.1. The Bertz CT molecular complexity index is 596. The number of aliphatic carboxylic acids is 1. The summed E-state index contributed by atoms with van der Waals surface area (Å²) < 4.78 is 0. The molecule has 0 bridgehead atoms. The van der Waals surface area contributed by atoms with E-state index in [-0.39, 0.29) is 6.10 Å². The fourth-order valence-electron chi connectivity index (χ4n) is 7.72. The zero-order valence-electron chi connectivity index (χ0n) is 16.5. The molecule has 0 spiro atoms. The number of hydrogen-bond acceptors (Lipinski definition) is 2. The van der Waals surface area contributed by atoms with Crippen LogP contribution in [-0.2, 0) is 4.79 Å². The number of carbonyl (C=O) groups is 1. The average Bonchev–Trinajstić information content (AvgIpc) is 2.92. The molecule has 0 heterocycles. The monoisotopic (exact) mass is 360 g/mol. The molecule has 2 N–H and O–H groups in total. The third kappa shape index (κ3) is 2.85. The molecule has 4 aliphatic carbocycles. The second kappa shape index (κ2) is 6.65. The van der Waals surface area contributed by atoms with Gasteiger partial charge in [0.05, 0.1) is 6.10 Å². The minimum Gasteiger partial charge on any atom is -0.481 e. The Hall–Kier alpha value is -0.830. The Labute approximate surface area is 158 Å². The number of carboxylic acid groups (broad SMARTS) is 1. The smallest absolute Gasteiger partial charge is 0.303 e. The molecule has 26 heavy (non-hydrogen) atoms. The number of aliphatic hydroxyl groups excluding tert-OH is 1. The lowest BCUT2D eigenvalue weighted by Gasteiger charge is -2.58. The van der Waals surface area contributed by atoms with Crippen molar-refractivity contribution in [1.82, 2.24) is 0 Å². The van der Waals surface area contributed by atoms with Crippen LogP contribution in [-0.4, -0.2) is 22.3 Å². The van der Waals surface area contributed by atoms with E-state index in [0.29, 0.717) is 17.3 Å². The first-order valence-electron chi connectivity index (χ1n) is 10.9. The van der Waals surface area contributed by atoms with Gasteiger partial charge in [-0.25, -0.2) is 0 Å². The van der Waals surface area contributed by atoms with Crippen LogP contribution in [0.3, 0.4) is 0 Å². The highest BCUT2D eigenvalue weighted by Gasteiger charge is 2.58. The summed E-state index contributed by atoms with van der Waals surface area (Å²) in [7, 11) is 0. The normalized spacial score (nSPS) is 47.5. The number of aliphatic hydroxyl groups is 1. The van der Waals surface area contributed by atoms with E-state index in [0.717, 1.165) is 55.8 Å². The Morgan fingerprint density at radius 3 is 2.73 bits per heavy atom. The molecule has 4 rings (SSSR count). The molecule has 0 aliphatic heterocycles. The fourth-order valence-corrected chi connectivity index (χ4v) is 7.72. The van der Waals surface area contributed by atoms with Crippen LogP contribution in [0.4, 0.5) is 0 Å². The first-order valence-corrected chi connectivity index (χ1v) is 10.9. The quantitative estimate of drug-likeness (QED) is 0.679. The molecule has 0 aromatic rings. The van der Waals surface area contributed by atoms with Gasteiger partial charge in [-0.3, -0.25) is 4.79 Å². The van der Waals surface area contributed by atoms with E-state index in [1.807, 2.05) is 0 Å². The Balaban J connectivity index is 1.51. The van der Waals surface area contributed by atoms with E-state index in [1.165, 1.54) is 32.1 Å². The second-order valence-corrected chi connectivity index (χ2v) is 10.3. The lowest BCUT2D eigenvalue weighted by molar-refractivity contribution is -0.137. The third-order valence-corrected chi connectivity index (χ3v) is 9.22. The summed E-state index contributed by atoms with van der Waals surface area (Å²) in [6.45, 7) is 5.02. The molecule has 146 valence electrons. The number of allylic oxidation sites excluding steroid dienone is 1. The third-order valence-electron chi connectivity index (χ3n) is 9.22. The first kappa shape index (κ1) is 18.5. The van der Waals surface area contributed by atoms with Gasteiger partial charge in [-0.1, -0.05) is 25.5 Å². The zero-order valence-corrected chi connectivity index (χ0v) is 16.5. The van der Waals surface area contributed by atoms with Crippen LogP contribution in [0.25, 0.3) is 0 Å². The van der Waals surface area contributed by atoms with Crippen molar-refractivity contribution in [2.45, 2.75) is 90.6 Å². The van der Waals surface area contributed by atoms with E-state index in [1.54, 1.807) is 5.57 Å². The van der Waals surface area contributed by atoms with Gasteiger partial charge in [0, 0.05) is 6.42 Å². The summed E-state index contributed by atoms with van der Waals surface area (Å²) in [6.07, 6.45) is 14.2. The molecule has 7 unspecified atom stereocenters. The average molecular weight is 361 g/mol. The fraction of sp³-hybridized carbons (Fsp3) is 0.870. The van der Waals surface area contributed by atoms with Gasteiger partial charge in [-0.2, -0.15) is 0 Å². The maximum absolute atomic E-state index is 10.9. The van der Waals surface area contributed by atoms with Crippen LogP contribution in [0.1, 0.15) is 84.5 Å². The Morgan fingerprint density at radius 1 is 1.15 bits per heavy atom. The minimum atomic E-state index is -0.647. The molecule has 3 heteroatoms. The van der Waals surface area contributed by atoms with Crippen molar-refractivity contribution in [2.24, 2.45) is 34.5 Å². The van der Waals surface area contributed by atoms with E-state index in [2.05, 4.69) is 19.9 Å². The standard InChI is InChI=1S/C23H36O3/c1-22-13-11-20-18(8-6-16-14-17(24)10-12-23(16,20)2)19(22)9-7-15(22)4-3-5-21(25)26/h6,15,17-20,24H,3-5,7-14H2,1-2H3,(H,25,26). The van der Waals surface area contributed by atoms with Crippen molar-refractivity contribution in [1.29, 1.82) is 0 Å². The molecular weight excluding hydrogens is 324 g/mol. The number of fused-ring (bicyclic) bond motifs is 5. The summed E-state index contributed by atoms with van der Waals surface area (Å²) in [4.78, 5) is 10.9. The lowest BCUT2D eigenvalue weighted by atomic mass is 9.47. The molecule has 0 aromatic carbocycles. The highest BCUT2D eigenvalue weighted by molar-refractivity contribution is 5.66. The molecule has 4 aliphatic rings. The topological polar surface area (TPSA) is 57.5 Å². The maximum Gasteiger partial charge on any atom is 0.303 e. The molecule has 0 radical (unpaired) electrons. The van der Waals surface area contributed by atoms with Crippen LogP contribution >= 0.6 is 0 Å². The molecule has 3 fully saturated rings. The van der Waals surface area contributed by atoms with Crippen LogP contribution in [0.2, 0.25) is 0 Å². The predicted octanol–water partition coefficient (Wildman–Crippen LogP) is 5.18. The van der Waals surface area contributed by atoms with Gasteiger partial charge in [0.1, 0.15) is 0 Å². The Morgan fingerprint density at radius 2 is 1.96 bits per heavy atom.